The molecule has 0 radical (unpaired) electrons. The van der Waals surface area contributed by atoms with Crippen molar-refractivity contribution in [1.82, 2.24) is 21.3 Å². The van der Waals surface area contributed by atoms with E-state index >= 15 is 0 Å². The summed E-state index contributed by atoms with van der Waals surface area (Å²) < 4.78 is 79.5. The summed E-state index contributed by atoms with van der Waals surface area (Å²) in [5.41, 5.74) is 2.12. The van der Waals surface area contributed by atoms with Crippen LogP contribution in [0.1, 0.15) is 61.5 Å². The Morgan fingerprint density at radius 2 is 1.49 bits per heavy atom. The minimum atomic E-state index is -5.15. The first-order valence-electron chi connectivity index (χ1n) is 15.6. The highest BCUT2D eigenvalue weighted by molar-refractivity contribution is 5.97. The minimum absolute atomic E-state index is 0.136. The van der Waals surface area contributed by atoms with E-state index in [0.717, 1.165) is 19.1 Å². The van der Waals surface area contributed by atoms with Crippen LogP contribution in [0.4, 0.5) is 26.3 Å². The van der Waals surface area contributed by atoms with Crippen molar-refractivity contribution in [2.75, 3.05) is 6.54 Å². The number of rotatable bonds is 15. The topological polar surface area (TPSA) is 204 Å². The van der Waals surface area contributed by atoms with E-state index in [1.165, 1.54) is 18.6 Å². The molecule has 0 aromatic heterocycles. The first-order chi connectivity index (χ1) is 23.7. The van der Waals surface area contributed by atoms with Gasteiger partial charge in [0.1, 0.15) is 12.1 Å². The molecule has 7 N–H and O–H groups in total. The maximum atomic E-state index is 13.4. The molecule has 0 saturated carbocycles. The summed E-state index contributed by atoms with van der Waals surface area (Å²) in [6.45, 7) is 4.65. The number of nitrogens with zero attached hydrogens (tertiary/aromatic N) is 2. The number of carbonyl (C=O) groups excluding carboxylic acids is 5. The highest BCUT2D eigenvalue weighted by atomic mass is 19.4. The van der Waals surface area contributed by atoms with Crippen molar-refractivity contribution in [3.05, 3.63) is 71.3 Å². The van der Waals surface area contributed by atoms with Crippen LogP contribution in [-0.4, -0.2) is 77.8 Å². The second kappa shape index (κ2) is 18.2. The van der Waals surface area contributed by atoms with Gasteiger partial charge < -0.3 is 32.1 Å². The van der Waals surface area contributed by atoms with Gasteiger partial charge in [-0.05, 0) is 31.0 Å². The van der Waals surface area contributed by atoms with Gasteiger partial charge in [0.25, 0.3) is 5.91 Å². The van der Waals surface area contributed by atoms with Gasteiger partial charge in [0, 0.05) is 24.0 Å². The molecule has 2 aromatic rings. The Bertz CT molecular complexity index is 1550. The van der Waals surface area contributed by atoms with Crippen molar-refractivity contribution < 1.29 is 55.4 Å². The monoisotopic (exact) mass is 731 g/mol. The Morgan fingerprint density at radius 3 is 2.02 bits per heavy atom. The summed E-state index contributed by atoms with van der Waals surface area (Å²) in [6.07, 6.45) is -13.2. The third-order valence-electron chi connectivity index (χ3n) is 7.06. The summed E-state index contributed by atoms with van der Waals surface area (Å²) in [5, 5.41) is 24.6. The number of aliphatic hydroxyl groups excluding tert-OH is 1. The maximum absolute atomic E-state index is 13.4. The third-order valence-corrected chi connectivity index (χ3v) is 7.06. The van der Waals surface area contributed by atoms with Crippen LogP contribution in [0.15, 0.2) is 64.8 Å². The van der Waals surface area contributed by atoms with Crippen LogP contribution in [0.5, 0.6) is 0 Å². The number of amides is 5. The molecule has 5 amide bonds. The number of primary amides is 1. The van der Waals surface area contributed by atoms with Gasteiger partial charge in [-0.25, -0.2) is 0 Å². The van der Waals surface area contributed by atoms with Crippen LogP contribution in [0.25, 0.3) is 0 Å². The van der Waals surface area contributed by atoms with E-state index in [4.69, 9.17) is 5.73 Å². The number of halogens is 6. The zero-order valence-electron chi connectivity index (χ0n) is 27.8. The number of carbonyl (C=O) groups is 5. The normalized spacial score (nSPS) is 15.5. The number of nitrogens with one attached hydrogen (secondary N) is 4. The highest BCUT2D eigenvalue weighted by Gasteiger charge is 2.65. The zero-order chi connectivity index (χ0) is 38.6. The van der Waals surface area contributed by atoms with Crippen molar-refractivity contribution in [2.45, 2.75) is 88.7 Å². The van der Waals surface area contributed by atoms with Crippen molar-refractivity contribution in [1.29, 1.82) is 0 Å². The maximum Gasteiger partial charge on any atom is 0.442 e. The predicted molar refractivity (Wildman–Crippen MR) is 169 cm³/mol. The Labute approximate surface area is 288 Å². The smallest absolute Gasteiger partial charge is 0.382 e. The van der Waals surface area contributed by atoms with E-state index in [2.05, 4.69) is 40.0 Å². The standard InChI is InChI=1S/C29H31F6N7O6.C3H8/c1-15(24(46)40-19(10-11-21(36)43)23(45)28(30,31)32)38-26(48)20(12-16-6-3-2-4-7-16)39-22(44)14-37-25(47)17-8-5-9-18(13-17)27(41-42-27)29(33,34)35;1-3-2/h2-9,13,15,19-20,23,45H,10-12,14H2,1H3,(H2,36,43)(H,37,47)(H,38,48)(H,39,44)(H,40,46);3H2,1-2H3/t15-,19?,20-,23?;/m0./s1. The lowest BCUT2D eigenvalue weighted by Crippen LogP contribution is -2.57. The molecule has 0 aliphatic carbocycles. The average molecular weight is 732 g/mol. The molecule has 280 valence electrons. The van der Waals surface area contributed by atoms with Crippen LogP contribution >= 0.6 is 0 Å². The quantitative estimate of drug-likeness (QED) is 0.152. The molecular weight excluding hydrogens is 692 g/mol. The summed E-state index contributed by atoms with van der Waals surface area (Å²) >= 11 is 0. The average Bonchev–Trinajstić information content (AvgIpc) is 3.88. The lowest BCUT2D eigenvalue weighted by Gasteiger charge is -2.27. The molecule has 4 atom stereocenters. The van der Waals surface area contributed by atoms with Gasteiger partial charge in [0.05, 0.1) is 12.6 Å². The SMILES string of the molecule is CCC.C[C@H](NC(=O)[C@H](Cc1ccccc1)NC(=O)CNC(=O)c1cccc(C2(C(F)(F)F)N=N2)c1)C(=O)NC(CCC(N)=O)C(O)C(F)(F)F. The summed E-state index contributed by atoms with van der Waals surface area (Å²) in [7, 11) is 0. The van der Waals surface area contributed by atoms with Crippen molar-refractivity contribution in [3.63, 3.8) is 0 Å². The van der Waals surface area contributed by atoms with Crippen LogP contribution in [0, 0.1) is 0 Å². The Hall–Kier alpha value is -5.07. The van der Waals surface area contributed by atoms with Crippen molar-refractivity contribution in [3.8, 4) is 0 Å². The summed E-state index contributed by atoms with van der Waals surface area (Å²) in [5.74, 6) is -4.92. The van der Waals surface area contributed by atoms with Crippen LogP contribution in [0.3, 0.4) is 0 Å². The van der Waals surface area contributed by atoms with Crippen molar-refractivity contribution in [2.24, 2.45) is 16.0 Å². The van der Waals surface area contributed by atoms with Gasteiger partial charge in [0.2, 0.25) is 23.6 Å². The first kappa shape index (κ1) is 42.1. The van der Waals surface area contributed by atoms with E-state index in [1.54, 1.807) is 30.3 Å². The fourth-order valence-electron chi connectivity index (χ4n) is 4.41. The fourth-order valence-corrected chi connectivity index (χ4v) is 4.41. The Balaban J connectivity index is 0.00000290. The van der Waals surface area contributed by atoms with Gasteiger partial charge >= 0.3 is 18.0 Å². The molecule has 1 aliphatic heterocycles. The predicted octanol–water partition coefficient (Wildman–Crippen LogP) is 2.92. The Morgan fingerprint density at radius 1 is 0.882 bits per heavy atom. The molecule has 13 nitrogen and oxygen atoms in total. The largest absolute Gasteiger partial charge is 0.442 e. The van der Waals surface area contributed by atoms with Gasteiger partial charge in [-0.3, -0.25) is 24.0 Å². The van der Waals surface area contributed by atoms with E-state index in [-0.39, 0.29) is 12.0 Å². The van der Waals surface area contributed by atoms with E-state index in [0.29, 0.717) is 5.56 Å². The number of benzene rings is 2. The molecule has 2 aromatic carbocycles. The van der Waals surface area contributed by atoms with Gasteiger partial charge in [-0.15, -0.1) is 10.2 Å². The number of hydrogen-bond donors (Lipinski definition) is 6. The van der Waals surface area contributed by atoms with Gasteiger partial charge in [-0.2, -0.15) is 26.3 Å². The fraction of sp³-hybridized carbons (Fsp3) is 0.469. The minimum Gasteiger partial charge on any atom is -0.382 e. The molecule has 1 heterocycles. The van der Waals surface area contributed by atoms with Crippen LogP contribution in [-0.2, 0) is 31.3 Å². The highest BCUT2D eigenvalue weighted by Crippen LogP contribution is 2.52. The van der Waals surface area contributed by atoms with E-state index < -0.39 is 96.7 Å². The zero-order valence-corrected chi connectivity index (χ0v) is 27.8. The number of nitrogens with two attached hydrogens (primary N) is 1. The molecule has 0 saturated heterocycles. The molecule has 2 unspecified atom stereocenters. The lowest BCUT2D eigenvalue weighted by atomic mass is 10.00. The molecule has 1 aliphatic rings. The van der Waals surface area contributed by atoms with E-state index in [1.807, 2.05) is 5.32 Å². The second-order valence-corrected chi connectivity index (χ2v) is 11.5. The Kier molecular flexibility index (Phi) is 15.1. The van der Waals surface area contributed by atoms with Gasteiger partial charge in [0.15, 0.2) is 6.10 Å². The first-order valence-corrected chi connectivity index (χ1v) is 15.6. The second-order valence-electron chi connectivity index (χ2n) is 11.5. The van der Waals surface area contributed by atoms with Crippen molar-refractivity contribution >= 4 is 29.5 Å². The van der Waals surface area contributed by atoms with Crippen LogP contribution in [0.2, 0.25) is 0 Å². The number of aliphatic hydroxyl groups is 1. The molecule has 19 heteroatoms. The molecule has 0 spiro atoms. The summed E-state index contributed by atoms with van der Waals surface area (Å²) in [6, 6.07) is 7.73. The molecule has 3 rings (SSSR count). The molecule has 0 fully saturated rings. The van der Waals surface area contributed by atoms with Gasteiger partial charge in [-0.1, -0.05) is 62.7 Å². The molecular formula is C32H39F6N7O6. The van der Waals surface area contributed by atoms with Crippen LogP contribution < -0.4 is 27.0 Å². The summed E-state index contributed by atoms with van der Waals surface area (Å²) in [4.78, 5) is 62.4. The third kappa shape index (κ3) is 12.6. The molecule has 0 bridgehead atoms. The molecule has 51 heavy (non-hydrogen) atoms. The number of hydrogen-bond acceptors (Lipinski definition) is 8. The number of alkyl halides is 6. The lowest BCUT2D eigenvalue weighted by molar-refractivity contribution is -0.212. The van der Waals surface area contributed by atoms with E-state index in [9.17, 15) is 55.4 Å².